The average Bonchev–Trinajstić information content (AvgIpc) is 2.87. The van der Waals surface area contributed by atoms with Crippen LogP contribution in [0.15, 0.2) is 17.1 Å². The van der Waals surface area contributed by atoms with E-state index in [1.165, 1.54) is 12.1 Å². The summed E-state index contributed by atoms with van der Waals surface area (Å²) >= 11 is 0. The Labute approximate surface area is 126 Å². The first-order chi connectivity index (χ1) is 10.5. The van der Waals surface area contributed by atoms with Crippen molar-refractivity contribution in [2.75, 3.05) is 6.54 Å². The van der Waals surface area contributed by atoms with Crippen molar-refractivity contribution in [3.63, 3.8) is 0 Å². The molecule has 2 aromatic heterocycles. The van der Waals surface area contributed by atoms with E-state index in [0.717, 1.165) is 19.3 Å². The third kappa shape index (κ3) is 2.45. The molecule has 1 saturated carbocycles. The van der Waals surface area contributed by atoms with E-state index in [1.54, 1.807) is 0 Å². The van der Waals surface area contributed by atoms with Crippen LogP contribution in [0.4, 0.5) is 4.39 Å². The zero-order chi connectivity index (χ0) is 15.7. The molecular formula is C14H17FN6O. The fraction of sp³-hybridized carbons (Fsp3) is 0.429. The van der Waals surface area contributed by atoms with Crippen LogP contribution in [0.1, 0.15) is 29.8 Å². The van der Waals surface area contributed by atoms with Crippen molar-refractivity contribution < 1.29 is 9.18 Å². The number of amides is 1. The van der Waals surface area contributed by atoms with Crippen molar-refractivity contribution in [1.29, 1.82) is 0 Å². The van der Waals surface area contributed by atoms with Crippen molar-refractivity contribution in [2.45, 2.75) is 30.8 Å². The third-order valence-electron chi connectivity index (χ3n) is 4.21. The quantitative estimate of drug-likeness (QED) is 0.560. The van der Waals surface area contributed by atoms with Gasteiger partial charge in [-0.15, -0.1) is 0 Å². The molecule has 2 aromatic rings. The molecule has 22 heavy (non-hydrogen) atoms. The van der Waals surface area contributed by atoms with Crippen LogP contribution < -0.4 is 11.1 Å². The van der Waals surface area contributed by atoms with Crippen LogP contribution >= 0.6 is 0 Å². The number of nitrogens with two attached hydrogens (primary N) is 1. The Balaban J connectivity index is 1.84. The topological polar surface area (TPSA) is 109 Å². The molecule has 1 atom stereocenters. The zero-order valence-electron chi connectivity index (χ0n) is 12.0. The predicted octanol–water partition coefficient (Wildman–Crippen LogP) is 0.777. The summed E-state index contributed by atoms with van der Waals surface area (Å²) in [7, 11) is 0. The number of nitrogens with zero attached hydrogens (tertiary/aromatic N) is 3. The highest BCUT2D eigenvalue weighted by atomic mass is 19.1. The molecule has 0 aromatic carbocycles. The standard InChI is InChI=1S/C14H17FN6O/c1-17-7-9(14(16)5-2-6-14)18-13(22)11-8-3-4-10(15)19-12(8)21-20-11/h3-4,9H,1-2,5-7,16H2,(H,18,22)(H,19,20,21)/t9-/m1/s1. The maximum atomic E-state index is 13.1. The minimum absolute atomic E-state index is 0.162. The fourth-order valence-electron chi connectivity index (χ4n) is 2.71. The van der Waals surface area contributed by atoms with E-state index < -0.39 is 11.5 Å². The maximum Gasteiger partial charge on any atom is 0.270 e. The molecular weight excluding hydrogens is 287 g/mol. The van der Waals surface area contributed by atoms with Crippen LogP contribution in [-0.4, -0.2) is 45.9 Å². The van der Waals surface area contributed by atoms with E-state index >= 15 is 0 Å². The Morgan fingerprint density at radius 3 is 3.00 bits per heavy atom. The van der Waals surface area contributed by atoms with Gasteiger partial charge in [0.2, 0.25) is 5.95 Å². The van der Waals surface area contributed by atoms with Gasteiger partial charge in [-0.05, 0) is 38.1 Å². The van der Waals surface area contributed by atoms with Crippen LogP contribution in [0.3, 0.4) is 0 Å². The van der Waals surface area contributed by atoms with Crippen LogP contribution in [0.2, 0.25) is 0 Å². The van der Waals surface area contributed by atoms with Gasteiger partial charge in [-0.25, -0.2) is 0 Å². The second-order valence-electron chi connectivity index (χ2n) is 5.62. The molecule has 4 N–H and O–H groups in total. The molecule has 7 nitrogen and oxygen atoms in total. The Morgan fingerprint density at radius 2 is 2.36 bits per heavy atom. The lowest BCUT2D eigenvalue weighted by Gasteiger charge is -2.44. The highest BCUT2D eigenvalue weighted by Gasteiger charge is 2.41. The molecule has 1 amide bonds. The monoisotopic (exact) mass is 304 g/mol. The smallest absolute Gasteiger partial charge is 0.270 e. The third-order valence-corrected chi connectivity index (χ3v) is 4.21. The molecule has 0 radical (unpaired) electrons. The number of H-pyrrole nitrogens is 1. The lowest BCUT2D eigenvalue weighted by atomic mass is 9.72. The first-order valence-corrected chi connectivity index (χ1v) is 7.06. The molecule has 2 heterocycles. The maximum absolute atomic E-state index is 13.1. The van der Waals surface area contributed by atoms with E-state index in [0.29, 0.717) is 11.9 Å². The van der Waals surface area contributed by atoms with Gasteiger partial charge in [-0.3, -0.25) is 14.9 Å². The van der Waals surface area contributed by atoms with Gasteiger partial charge >= 0.3 is 0 Å². The fourth-order valence-corrected chi connectivity index (χ4v) is 2.71. The lowest BCUT2D eigenvalue weighted by Crippen LogP contribution is -2.63. The van der Waals surface area contributed by atoms with Crippen molar-refractivity contribution in [3.8, 4) is 0 Å². The first kappa shape index (κ1) is 14.6. The molecule has 0 spiro atoms. The summed E-state index contributed by atoms with van der Waals surface area (Å²) in [5, 5.41) is 9.78. The number of aromatic nitrogens is 3. The normalized spacial score (nSPS) is 17.7. The summed E-state index contributed by atoms with van der Waals surface area (Å²) in [6, 6.07) is 2.37. The van der Waals surface area contributed by atoms with Gasteiger partial charge < -0.3 is 11.1 Å². The number of nitrogens with one attached hydrogen (secondary N) is 2. The number of aliphatic imine (C=N–C) groups is 1. The Kier molecular flexibility index (Phi) is 3.61. The molecule has 3 rings (SSSR count). The van der Waals surface area contributed by atoms with E-state index in [4.69, 9.17) is 5.73 Å². The summed E-state index contributed by atoms with van der Waals surface area (Å²) in [6.45, 7) is 3.82. The summed E-state index contributed by atoms with van der Waals surface area (Å²) in [5.41, 5.74) is 6.23. The number of carbonyl (C=O) groups is 1. The van der Waals surface area contributed by atoms with Gasteiger partial charge in [0.25, 0.3) is 5.91 Å². The first-order valence-electron chi connectivity index (χ1n) is 7.06. The molecule has 116 valence electrons. The molecule has 1 aliphatic rings. The second kappa shape index (κ2) is 5.45. The Bertz CT molecular complexity index is 723. The van der Waals surface area contributed by atoms with Gasteiger partial charge in [0.1, 0.15) is 5.69 Å². The van der Waals surface area contributed by atoms with E-state index in [2.05, 4.69) is 32.2 Å². The summed E-state index contributed by atoms with van der Waals surface area (Å²) < 4.78 is 13.1. The van der Waals surface area contributed by atoms with Crippen LogP contribution in [0.25, 0.3) is 11.0 Å². The van der Waals surface area contributed by atoms with Crippen molar-refractivity contribution in [3.05, 3.63) is 23.8 Å². The molecule has 1 fully saturated rings. The minimum atomic E-state index is -0.643. The number of hydrogen-bond acceptors (Lipinski definition) is 5. The van der Waals surface area contributed by atoms with E-state index in [-0.39, 0.29) is 23.3 Å². The Morgan fingerprint density at radius 1 is 1.59 bits per heavy atom. The number of pyridine rings is 1. The number of fused-ring (bicyclic) bond motifs is 1. The highest BCUT2D eigenvalue weighted by Crippen LogP contribution is 2.32. The largest absolute Gasteiger partial charge is 0.344 e. The summed E-state index contributed by atoms with van der Waals surface area (Å²) in [6.07, 6.45) is 2.71. The SMILES string of the molecule is C=NC[C@@H](NC(=O)c1[nH]nc2nc(F)ccc12)C1(N)CCC1. The predicted molar refractivity (Wildman–Crippen MR) is 80.3 cm³/mol. The summed E-state index contributed by atoms with van der Waals surface area (Å²) in [4.78, 5) is 19.9. The van der Waals surface area contributed by atoms with Gasteiger partial charge in [0.15, 0.2) is 5.65 Å². The van der Waals surface area contributed by atoms with Crippen LogP contribution in [0.5, 0.6) is 0 Å². The van der Waals surface area contributed by atoms with Gasteiger partial charge in [-0.2, -0.15) is 14.5 Å². The highest BCUT2D eigenvalue weighted by molar-refractivity contribution is 6.03. The summed E-state index contributed by atoms with van der Waals surface area (Å²) in [5.74, 6) is -1.00. The van der Waals surface area contributed by atoms with E-state index in [1.807, 2.05) is 0 Å². The number of hydrogen-bond donors (Lipinski definition) is 3. The molecule has 0 aliphatic heterocycles. The number of carbonyl (C=O) groups excluding carboxylic acids is 1. The van der Waals surface area contributed by atoms with Crippen LogP contribution in [0, 0.1) is 5.95 Å². The minimum Gasteiger partial charge on any atom is -0.344 e. The molecule has 1 aliphatic carbocycles. The van der Waals surface area contributed by atoms with E-state index in [9.17, 15) is 9.18 Å². The van der Waals surface area contributed by atoms with Crippen molar-refractivity contribution in [2.24, 2.45) is 10.7 Å². The van der Waals surface area contributed by atoms with Gasteiger partial charge in [0.05, 0.1) is 18.0 Å². The number of aromatic amines is 1. The van der Waals surface area contributed by atoms with Gasteiger partial charge in [-0.1, -0.05) is 0 Å². The lowest BCUT2D eigenvalue weighted by molar-refractivity contribution is 0.0877. The zero-order valence-corrected chi connectivity index (χ0v) is 12.0. The number of rotatable bonds is 5. The Hall–Kier alpha value is -2.35. The molecule has 0 saturated heterocycles. The van der Waals surface area contributed by atoms with Crippen LogP contribution in [-0.2, 0) is 0 Å². The molecule has 0 unspecified atom stereocenters. The van der Waals surface area contributed by atoms with Crippen molar-refractivity contribution >= 4 is 23.7 Å². The molecule has 0 bridgehead atoms. The van der Waals surface area contributed by atoms with Gasteiger partial charge in [0, 0.05) is 5.54 Å². The molecule has 8 heteroatoms. The second-order valence-corrected chi connectivity index (χ2v) is 5.62. The number of halogens is 1. The van der Waals surface area contributed by atoms with Crippen molar-refractivity contribution in [1.82, 2.24) is 20.5 Å². The average molecular weight is 304 g/mol.